The summed E-state index contributed by atoms with van der Waals surface area (Å²) in [5.41, 5.74) is 5.16. The maximum absolute atomic E-state index is 12.1. The fourth-order valence-electron chi connectivity index (χ4n) is 2.09. The standard InChI is InChI=1S/C15H20N4O3.ClH/c1-4-19-13(21)10-6-5-9(7-11(10)18-14(19)22)12(20)17-8-15(2,3)16;/h5-7H,4,8,16H2,1-3H3,(H,17,20)(H,18,22);1H. The first-order chi connectivity index (χ1) is 10.2. The number of amides is 1. The number of hydrogen-bond donors (Lipinski definition) is 3. The minimum Gasteiger partial charge on any atom is -0.350 e. The SMILES string of the molecule is CCn1c(=O)[nH]c2cc(C(=O)NCC(C)(C)N)ccc2c1=O.Cl. The predicted molar refractivity (Wildman–Crippen MR) is 92.4 cm³/mol. The summed E-state index contributed by atoms with van der Waals surface area (Å²) < 4.78 is 1.11. The second-order valence-electron chi connectivity index (χ2n) is 5.91. The Labute approximate surface area is 139 Å². The van der Waals surface area contributed by atoms with Crippen LogP contribution in [-0.4, -0.2) is 27.5 Å². The van der Waals surface area contributed by atoms with E-state index in [4.69, 9.17) is 5.73 Å². The molecule has 0 fully saturated rings. The Balaban J connectivity index is 0.00000264. The molecule has 4 N–H and O–H groups in total. The van der Waals surface area contributed by atoms with Crippen molar-refractivity contribution in [3.63, 3.8) is 0 Å². The zero-order valence-corrected chi connectivity index (χ0v) is 14.1. The van der Waals surface area contributed by atoms with Gasteiger partial charge in [0.2, 0.25) is 0 Å². The largest absolute Gasteiger partial charge is 0.350 e. The van der Waals surface area contributed by atoms with Crippen LogP contribution in [0.4, 0.5) is 0 Å². The smallest absolute Gasteiger partial charge is 0.328 e. The van der Waals surface area contributed by atoms with Gasteiger partial charge in [0.15, 0.2) is 0 Å². The number of benzene rings is 1. The molecular formula is C15H21ClN4O3. The lowest BCUT2D eigenvalue weighted by atomic mass is 10.1. The Morgan fingerprint density at radius 3 is 2.57 bits per heavy atom. The summed E-state index contributed by atoms with van der Waals surface area (Å²) in [6, 6.07) is 4.60. The summed E-state index contributed by atoms with van der Waals surface area (Å²) in [5, 5.41) is 3.09. The lowest BCUT2D eigenvalue weighted by Crippen LogP contribution is -2.45. The van der Waals surface area contributed by atoms with Crippen LogP contribution in [0.1, 0.15) is 31.1 Å². The maximum atomic E-state index is 12.1. The van der Waals surface area contributed by atoms with Crippen molar-refractivity contribution in [2.24, 2.45) is 5.73 Å². The number of fused-ring (bicyclic) bond motifs is 1. The van der Waals surface area contributed by atoms with Crippen LogP contribution in [0, 0.1) is 0 Å². The molecule has 0 saturated heterocycles. The fourth-order valence-corrected chi connectivity index (χ4v) is 2.09. The molecule has 1 heterocycles. The van der Waals surface area contributed by atoms with Gasteiger partial charge in [0.05, 0.1) is 10.9 Å². The molecule has 0 atom stereocenters. The summed E-state index contributed by atoms with van der Waals surface area (Å²) in [6.45, 7) is 5.94. The Bertz CT molecular complexity index is 833. The van der Waals surface area contributed by atoms with Gasteiger partial charge in [0, 0.05) is 24.2 Å². The Morgan fingerprint density at radius 1 is 1.35 bits per heavy atom. The highest BCUT2D eigenvalue weighted by Gasteiger charge is 2.14. The van der Waals surface area contributed by atoms with E-state index >= 15 is 0 Å². The minimum atomic E-state index is -0.518. The topological polar surface area (TPSA) is 110 Å². The zero-order valence-electron chi connectivity index (χ0n) is 13.3. The number of hydrogen-bond acceptors (Lipinski definition) is 4. The average molecular weight is 341 g/mol. The monoisotopic (exact) mass is 340 g/mol. The highest BCUT2D eigenvalue weighted by Crippen LogP contribution is 2.09. The molecule has 1 aromatic carbocycles. The van der Waals surface area contributed by atoms with Crippen LogP contribution < -0.4 is 22.3 Å². The van der Waals surface area contributed by atoms with Crippen molar-refractivity contribution < 1.29 is 4.79 Å². The van der Waals surface area contributed by atoms with Crippen molar-refractivity contribution in [2.45, 2.75) is 32.9 Å². The van der Waals surface area contributed by atoms with Crippen molar-refractivity contribution in [3.05, 3.63) is 44.6 Å². The molecule has 2 aromatic rings. The van der Waals surface area contributed by atoms with Gasteiger partial charge in [-0.25, -0.2) is 4.79 Å². The number of aromatic amines is 1. The molecular weight excluding hydrogens is 320 g/mol. The van der Waals surface area contributed by atoms with Gasteiger partial charge in [0.1, 0.15) is 0 Å². The van der Waals surface area contributed by atoms with Gasteiger partial charge in [-0.3, -0.25) is 14.2 Å². The number of aromatic nitrogens is 2. The van der Waals surface area contributed by atoms with Gasteiger partial charge >= 0.3 is 5.69 Å². The van der Waals surface area contributed by atoms with Crippen LogP contribution in [0.5, 0.6) is 0 Å². The molecule has 0 radical (unpaired) electrons. The third-order valence-corrected chi connectivity index (χ3v) is 3.26. The molecule has 0 aliphatic heterocycles. The first-order valence-electron chi connectivity index (χ1n) is 7.07. The molecule has 0 bridgehead atoms. The van der Waals surface area contributed by atoms with E-state index in [1.807, 2.05) is 0 Å². The lowest BCUT2D eigenvalue weighted by molar-refractivity contribution is 0.0946. The molecule has 0 saturated carbocycles. The highest BCUT2D eigenvalue weighted by atomic mass is 35.5. The van der Waals surface area contributed by atoms with Crippen molar-refractivity contribution in [1.82, 2.24) is 14.9 Å². The van der Waals surface area contributed by atoms with E-state index in [0.717, 1.165) is 4.57 Å². The first kappa shape index (κ1) is 18.9. The van der Waals surface area contributed by atoms with E-state index < -0.39 is 11.2 Å². The molecule has 2 rings (SSSR count). The summed E-state index contributed by atoms with van der Waals surface area (Å²) >= 11 is 0. The molecule has 1 aromatic heterocycles. The molecule has 126 valence electrons. The van der Waals surface area contributed by atoms with Crippen LogP contribution >= 0.6 is 12.4 Å². The van der Waals surface area contributed by atoms with E-state index in [-0.39, 0.29) is 30.4 Å². The van der Waals surface area contributed by atoms with E-state index in [0.29, 0.717) is 23.0 Å². The second kappa shape index (κ2) is 6.97. The number of H-pyrrole nitrogens is 1. The third kappa shape index (κ3) is 4.20. The molecule has 23 heavy (non-hydrogen) atoms. The molecule has 0 aliphatic carbocycles. The summed E-state index contributed by atoms with van der Waals surface area (Å²) in [6.07, 6.45) is 0. The summed E-state index contributed by atoms with van der Waals surface area (Å²) in [7, 11) is 0. The van der Waals surface area contributed by atoms with Gasteiger partial charge < -0.3 is 16.0 Å². The van der Waals surface area contributed by atoms with E-state index in [2.05, 4.69) is 10.3 Å². The molecule has 1 amide bonds. The van der Waals surface area contributed by atoms with E-state index in [1.165, 1.54) is 6.07 Å². The number of nitrogens with zero attached hydrogens (tertiary/aromatic N) is 1. The van der Waals surface area contributed by atoms with Gasteiger partial charge in [0.25, 0.3) is 11.5 Å². The van der Waals surface area contributed by atoms with Gasteiger partial charge in [-0.1, -0.05) is 0 Å². The van der Waals surface area contributed by atoms with Crippen LogP contribution in [0.2, 0.25) is 0 Å². The lowest BCUT2D eigenvalue weighted by Gasteiger charge is -2.18. The molecule has 7 nitrogen and oxygen atoms in total. The number of nitrogens with two attached hydrogens (primary N) is 1. The van der Waals surface area contributed by atoms with Crippen LogP contribution in [0.25, 0.3) is 10.9 Å². The summed E-state index contributed by atoms with van der Waals surface area (Å²) in [5.74, 6) is -0.305. The van der Waals surface area contributed by atoms with Gasteiger partial charge in [-0.05, 0) is 39.0 Å². The zero-order chi connectivity index (χ0) is 16.5. The van der Waals surface area contributed by atoms with Gasteiger partial charge in [-0.2, -0.15) is 0 Å². The van der Waals surface area contributed by atoms with Crippen LogP contribution in [0.15, 0.2) is 27.8 Å². The predicted octanol–water partition coefficient (Wildman–Crippen LogP) is 0.599. The van der Waals surface area contributed by atoms with Crippen molar-refractivity contribution in [3.8, 4) is 0 Å². The second-order valence-corrected chi connectivity index (χ2v) is 5.91. The fraction of sp³-hybridized carbons (Fsp3) is 0.400. The number of halogens is 1. The first-order valence-corrected chi connectivity index (χ1v) is 7.07. The van der Waals surface area contributed by atoms with Crippen LogP contribution in [0.3, 0.4) is 0 Å². The molecule has 8 heteroatoms. The normalized spacial score (nSPS) is 11.1. The number of nitrogens with one attached hydrogen (secondary N) is 2. The molecule has 0 aliphatic rings. The maximum Gasteiger partial charge on any atom is 0.328 e. The number of carbonyl (C=O) groups is 1. The third-order valence-electron chi connectivity index (χ3n) is 3.26. The Hall–Kier alpha value is -2.12. The van der Waals surface area contributed by atoms with Crippen molar-refractivity contribution in [2.75, 3.05) is 6.54 Å². The summed E-state index contributed by atoms with van der Waals surface area (Å²) in [4.78, 5) is 38.7. The highest BCUT2D eigenvalue weighted by molar-refractivity contribution is 5.97. The van der Waals surface area contributed by atoms with Gasteiger partial charge in [-0.15, -0.1) is 12.4 Å². The Kier molecular flexibility index (Phi) is 5.74. The average Bonchev–Trinajstić information content (AvgIpc) is 2.43. The minimum absolute atomic E-state index is 0. The Morgan fingerprint density at radius 2 is 2.00 bits per heavy atom. The molecule has 0 unspecified atom stereocenters. The number of carbonyl (C=O) groups excluding carboxylic acids is 1. The number of rotatable bonds is 4. The molecule has 0 spiro atoms. The van der Waals surface area contributed by atoms with E-state index in [1.54, 1.807) is 32.9 Å². The quantitative estimate of drug-likeness (QED) is 0.756. The van der Waals surface area contributed by atoms with Crippen molar-refractivity contribution in [1.29, 1.82) is 0 Å². The van der Waals surface area contributed by atoms with E-state index in [9.17, 15) is 14.4 Å². The van der Waals surface area contributed by atoms with Crippen LogP contribution in [-0.2, 0) is 6.54 Å². The van der Waals surface area contributed by atoms with Crippen molar-refractivity contribution >= 4 is 29.2 Å².